The molecule has 2 N–H and O–H groups in total. The second kappa shape index (κ2) is 5.88. The van der Waals surface area contributed by atoms with Crippen molar-refractivity contribution in [2.75, 3.05) is 0 Å². The van der Waals surface area contributed by atoms with Gasteiger partial charge in [-0.2, -0.15) is 4.98 Å². The molecular weight excluding hydrogens is 252 g/mol. The molecule has 6 heteroatoms. The lowest BCUT2D eigenvalue weighted by molar-refractivity contribution is 0.368. The molecule has 0 aliphatic heterocycles. The first-order valence-electron chi connectivity index (χ1n) is 6.05. The van der Waals surface area contributed by atoms with Crippen LogP contribution in [0.3, 0.4) is 0 Å². The normalized spacial score (nSPS) is 12.6. The van der Waals surface area contributed by atoms with Crippen molar-refractivity contribution in [1.82, 2.24) is 10.1 Å². The summed E-state index contributed by atoms with van der Waals surface area (Å²) < 4.78 is 31.1. The summed E-state index contributed by atoms with van der Waals surface area (Å²) in [5.74, 6) is -0.333. The largest absolute Gasteiger partial charge is 0.339 e. The first-order valence-corrected chi connectivity index (χ1v) is 6.05. The number of hydrogen-bond donors (Lipinski definition) is 1. The van der Waals surface area contributed by atoms with Crippen molar-refractivity contribution in [3.63, 3.8) is 0 Å². The van der Waals surface area contributed by atoms with Gasteiger partial charge in [0.15, 0.2) is 5.82 Å². The molecule has 0 fully saturated rings. The van der Waals surface area contributed by atoms with Crippen LogP contribution in [0.15, 0.2) is 22.7 Å². The maximum absolute atomic E-state index is 13.0. The molecule has 0 spiro atoms. The topological polar surface area (TPSA) is 64.9 Å². The minimum absolute atomic E-state index is 0.0627. The molecule has 0 saturated heterocycles. The molecule has 1 aromatic heterocycles. The molecule has 19 heavy (non-hydrogen) atoms. The highest BCUT2D eigenvalue weighted by molar-refractivity contribution is 5.21. The van der Waals surface area contributed by atoms with Gasteiger partial charge in [-0.3, -0.25) is 0 Å². The van der Waals surface area contributed by atoms with E-state index in [-0.39, 0.29) is 12.5 Å². The highest BCUT2D eigenvalue weighted by Gasteiger charge is 2.09. The second-order valence-corrected chi connectivity index (χ2v) is 4.57. The molecule has 2 aromatic rings. The van der Waals surface area contributed by atoms with Crippen molar-refractivity contribution in [3.8, 4) is 0 Å². The van der Waals surface area contributed by atoms with Gasteiger partial charge in [-0.1, -0.05) is 5.16 Å². The van der Waals surface area contributed by atoms with Gasteiger partial charge in [0.05, 0.1) is 0 Å². The molecule has 1 heterocycles. The fourth-order valence-electron chi connectivity index (χ4n) is 1.71. The van der Waals surface area contributed by atoms with Crippen LogP contribution in [0.4, 0.5) is 8.78 Å². The average Bonchev–Trinajstić information content (AvgIpc) is 2.72. The van der Waals surface area contributed by atoms with Crippen LogP contribution >= 0.6 is 0 Å². The maximum Gasteiger partial charge on any atom is 0.226 e. The van der Waals surface area contributed by atoms with Gasteiger partial charge in [0.1, 0.15) is 11.6 Å². The van der Waals surface area contributed by atoms with Gasteiger partial charge in [-0.15, -0.1) is 0 Å². The fraction of sp³-hybridized carbons (Fsp3) is 0.385. The molecule has 102 valence electrons. The number of benzene rings is 1. The molecular formula is C13H15F2N3O. The Labute approximate surface area is 109 Å². The highest BCUT2D eigenvalue weighted by Crippen LogP contribution is 2.12. The summed E-state index contributed by atoms with van der Waals surface area (Å²) >= 11 is 0. The number of aromatic nitrogens is 2. The SMILES string of the molecule is CC(N)CCc1nc(Cc2cc(F)cc(F)c2)no1. The third-order valence-corrected chi connectivity index (χ3v) is 2.61. The maximum atomic E-state index is 13.0. The van der Waals surface area contributed by atoms with Gasteiger partial charge >= 0.3 is 0 Å². The molecule has 2 rings (SSSR count). The predicted octanol–water partition coefficient (Wildman–Crippen LogP) is 2.22. The number of rotatable bonds is 5. The monoisotopic (exact) mass is 267 g/mol. The quantitative estimate of drug-likeness (QED) is 0.902. The van der Waals surface area contributed by atoms with E-state index in [1.54, 1.807) is 0 Å². The zero-order chi connectivity index (χ0) is 13.8. The molecule has 0 radical (unpaired) electrons. The van der Waals surface area contributed by atoms with Crippen molar-refractivity contribution in [1.29, 1.82) is 0 Å². The third kappa shape index (κ3) is 4.10. The predicted molar refractivity (Wildman–Crippen MR) is 65.4 cm³/mol. The summed E-state index contributed by atoms with van der Waals surface area (Å²) in [5.41, 5.74) is 6.10. The van der Waals surface area contributed by atoms with Gasteiger partial charge in [0.25, 0.3) is 0 Å². The molecule has 0 aliphatic rings. The first kappa shape index (κ1) is 13.6. The summed E-state index contributed by atoms with van der Waals surface area (Å²) in [6, 6.07) is 3.39. The third-order valence-electron chi connectivity index (χ3n) is 2.61. The Morgan fingerprint density at radius 1 is 1.26 bits per heavy atom. The van der Waals surface area contributed by atoms with E-state index in [1.807, 2.05) is 6.92 Å². The molecule has 0 saturated carbocycles. The lowest BCUT2D eigenvalue weighted by Gasteiger charge is -1.99. The molecule has 0 amide bonds. The van der Waals surface area contributed by atoms with Crippen LogP contribution in [-0.2, 0) is 12.8 Å². The summed E-state index contributed by atoms with van der Waals surface area (Å²) in [6.07, 6.45) is 1.58. The lowest BCUT2D eigenvalue weighted by Crippen LogP contribution is -2.15. The van der Waals surface area contributed by atoms with Crippen LogP contribution in [-0.4, -0.2) is 16.2 Å². The number of hydrogen-bond acceptors (Lipinski definition) is 4. The lowest BCUT2D eigenvalue weighted by atomic mass is 10.1. The van der Waals surface area contributed by atoms with Gasteiger partial charge < -0.3 is 10.3 Å². The smallest absolute Gasteiger partial charge is 0.226 e. The Kier molecular flexibility index (Phi) is 4.21. The molecule has 0 bridgehead atoms. The fourth-order valence-corrected chi connectivity index (χ4v) is 1.71. The van der Waals surface area contributed by atoms with E-state index in [9.17, 15) is 8.78 Å². The van der Waals surface area contributed by atoms with E-state index in [0.717, 1.165) is 12.5 Å². The van der Waals surface area contributed by atoms with E-state index >= 15 is 0 Å². The Bertz CT molecular complexity index is 534. The molecule has 1 aromatic carbocycles. The van der Waals surface area contributed by atoms with Gasteiger partial charge in [0.2, 0.25) is 5.89 Å². The van der Waals surface area contributed by atoms with Crippen molar-refractivity contribution >= 4 is 0 Å². The summed E-state index contributed by atoms with van der Waals surface area (Å²) in [4.78, 5) is 4.16. The van der Waals surface area contributed by atoms with Gasteiger partial charge in [0, 0.05) is 24.9 Å². The summed E-state index contributed by atoms with van der Waals surface area (Å²) in [5, 5.41) is 3.78. The van der Waals surface area contributed by atoms with E-state index in [1.165, 1.54) is 12.1 Å². The Hall–Kier alpha value is -1.82. The molecule has 1 atom stereocenters. The van der Waals surface area contributed by atoms with Crippen LogP contribution in [0.1, 0.15) is 30.6 Å². The van der Waals surface area contributed by atoms with Crippen molar-refractivity contribution < 1.29 is 13.3 Å². The van der Waals surface area contributed by atoms with E-state index < -0.39 is 11.6 Å². The Morgan fingerprint density at radius 2 is 1.95 bits per heavy atom. The van der Waals surface area contributed by atoms with Crippen LogP contribution in [0.2, 0.25) is 0 Å². The number of nitrogens with two attached hydrogens (primary N) is 1. The van der Waals surface area contributed by atoms with Crippen LogP contribution in [0, 0.1) is 11.6 Å². The Morgan fingerprint density at radius 3 is 2.58 bits per heavy atom. The number of halogens is 2. The van der Waals surface area contributed by atoms with Crippen molar-refractivity contribution in [2.45, 2.75) is 32.2 Å². The average molecular weight is 267 g/mol. The zero-order valence-corrected chi connectivity index (χ0v) is 10.6. The first-order chi connectivity index (χ1) is 9.02. The number of aryl methyl sites for hydroxylation is 1. The van der Waals surface area contributed by atoms with Crippen molar-refractivity contribution in [3.05, 3.63) is 47.1 Å². The Balaban J connectivity index is 2.03. The summed E-state index contributed by atoms with van der Waals surface area (Å²) in [7, 11) is 0. The number of nitrogens with zero attached hydrogens (tertiary/aromatic N) is 2. The standard InChI is InChI=1S/C13H15F2N3O/c1-8(16)2-3-13-17-12(18-19-13)6-9-4-10(14)7-11(15)5-9/h4-5,7-8H,2-3,6,16H2,1H3. The van der Waals surface area contributed by atoms with E-state index in [4.69, 9.17) is 10.3 Å². The van der Waals surface area contributed by atoms with Crippen LogP contribution < -0.4 is 5.73 Å². The van der Waals surface area contributed by atoms with E-state index in [2.05, 4.69) is 10.1 Å². The minimum Gasteiger partial charge on any atom is -0.339 e. The molecule has 4 nitrogen and oxygen atoms in total. The second-order valence-electron chi connectivity index (χ2n) is 4.57. The summed E-state index contributed by atoms with van der Waals surface area (Å²) in [6.45, 7) is 1.90. The van der Waals surface area contributed by atoms with E-state index in [0.29, 0.717) is 23.7 Å². The van der Waals surface area contributed by atoms with Crippen molar-refractivity contribution in [2.24, 2.45) is 5.73 Å². The highest BCUT2D eigenvalue weighted by atomic mass is 19.1. The van der Waals surface area contributed by atoms with Gasteiger partial charge in [-0.05, 0) is 31.0 Å². The van der Waals surface area contributed by atoms with Crippen LogP contribution in [0.25, 0.3) is 0 Å². The minimum atomic E-state index is -0.615. The zero-order valence-electron chi connectivity index (χ0n) is 10.6. The molecule has 0 aliphatic carbocycles. The van der Waals surface area contributed by atoms with Gasteiger partial charge in [-0.25, -0.2) is 8.78 Å². The molecule has 1 unspecified atom stereocenters. The van der Waals surface area contributed by atoms with Crippen LogP contribution in [0.5, 0.6) is 0 Å².